The van der Waals surface area contributed by atoms with Crippen molar-refractivity contribution < 1.29 is 14.7 Å². The zero-order valence-corrected chi connectivity index (χ0v) is 12.6. The lowest BCUT2D eigenvalue weighted by molar-refractivity contribution is -0.141. The van der Waals surface area contributed by atoms with Crippen LogP contribution in [0.4, 0.5) is 0 Å². The molecule has 1 saturated carbocycles. The Morgan fingerprint density at radius 3 is 2.76 bits per heavy atom. The Bertz CT molecular complexity index is 568. The van der Waals surface area contributed by atoms with Crippen molar-refractivity contribution in [3.8, 4) is 0 Å². The Labute approximate surface area is 128 Å². The highest BCUT2D eigenvalue weighted by Crippen LogP contribution is 2.44. The van der Waals surface area contributed by atoms with Gasteiger partial charge in [0.05, 0.1) is 12.3 Å². The maximum absolute atomic E-state index is 12.4. The molecule has 2 aliphatic rings. The van der Waals surface area contributed by atoms with Crippen LogP contribution in [0, 0.1) is 5.41 Å². The first kappa shape index (κ1) is 14.4. The molecule has 0 spiro atoms. The van der Waals surface area contributed by atoms with E-state index in [0.717, 1.165) is 30.6 Å². The lowest BCUT2D eigenvalue weighted by Gasteiger charge is -2.41. The number of rotatable bonds is 5. The number of carbonyl (C=O) groups is 2. The highest BCUT2D eigenvalue weighted by atomic mass is 32.2. The fraction of sp³-hybridized carbons (Fsp3) is 0.500. The van der Waals surface area contributed by atoms with Gasteiger partial charge < -0.3 is 10.4 Å². The summed E-state index contributed by atoms with van der Waals surface area (Å²) in [5, 5.41) is 12.0. The van der Waals surface area contributed by atoms with Crippen LogP contribution in [0.5, 0.6) is 0 Å². The van der Waals surface area contributed by atoms with Gasteiger partial charge in [-0.05, 0) is 29.9 Å². The number of carboxylic acid groups (broad SMARTS) is 1. The summed E-state index contributed by atoms with van der Waals surface area (Å²) in [5.41, 5.74) is 0.883. The van der Waals surface area contributed by atoms with Gasteiger partial charge in [0.2, 0.25) is 5.91 Å². The molecule has 0 bridgehead atoms. The van der Waals surface area contributed by atoms with Crippen molar-refractivity contribution in [1.29, 1.82) is 0 Å². The van der Waals surface area contributed by atoms with Crippen LogP contribution in [-0.2, 0) is 9.59 Å². The molecule has 2 N–H and O–H groups in total. The SMILES string of the molecule is O=C(O)CC1(CNC(=O)C2CSc3ccccc32)CCC1. The Hall–Kier alpha value is -1.49. The predicted molar refractivity (Wildman–Crippen MR) is 81.5 cm³/mol. The molecule has 1 fully saturated rings. The van der Waals surface area contributed by atoms with E-state index in [1.54, 1.807) is 11.8 Å². The fourth-order valence-corrected chi connectivity index (χ4v) is 4.42. The molecule has 1 amide bonds. The van der Waals surface area contributed by atoms with Crippen molar-refractivity contribution in [2.45, 2.75) is 36.5 Å². The third kappa shape index (κ3) is 2.93. The molecule has 0 radical (unpaired) electrons. The second-order valence-corrected chi connectivity index (χ2v) is 7.11. The van der Waals surface area contributed by atoms with Gasteiger partial charge in [-0.1, -0.05) is 24.6 Å². The Morgan fingerprint density at radius 2 is 2.10 bits per heavy atom. The van der Waals surface area contributed by atoms with Gasteiger partial charge in [-0.2, -0.15) is 0 Å². The van der Waals surface area contributed by atoms with Crippen molar-refractivity contribution in [3.63, 3.8) is 0 Å². The number of benzene rings is 1. The number of hydrogen-bond acceptors (Lipinski definition) is 3. The van der Waals surface area contributed by atoms with Crippen LogP contribution in [0.2, 0.25) is 0 Å². The first-order valence-electron chi connectivity index (χ1n) is 7.31. The summed E-state index contributed by atoms with van der Waals surface area (Å²) < 4.78 is 0. The molecular formula is C16H19NO3S. The first-order chi connectivity index (χ1) is 10.1. The summed E-state index contributed by atoms with van der Waals surface area (Å²) >= 11 is 1.71. The zero-order chi connectivity index (χ0) is 14.9. The Morgan fingerprint density at radius 1 is 1.33 bits per heavy atom. The largest absolute Gasteiger partial charge is 0.481 e. The molecule has 0 aromatic heterocycles. The Balaban J connectivity index is 1.61. The van der Waals surface area contributed by atoms with E-state index in [2.05, 4.69) is 5.32 Å². The van der Waals surface area contributed by atoms with Crippen molar-refractivity contribution in [2.75, 3.05) is 12.3 Å². The van der Waals surface area contributed by atoms with E-state index < -0.39 is 5.97 Å². The summed E-state index contributed by atoms with van der Waals surface area (Å²) in [4.78, 5) is 24.5. The van der Waals surface area contributed by atoms with Crippen LogP contribution in [0.3, 0.4) is 0 Å². The summed E-state index contributed by atoms with van der Waals surface area (Å²) in [6.07, 6.45) is 3.01. The van der Waals surface area contributed by atoms with Crippen LogP contribution >= 0.6 is 11.8 Å². The minimum absolute atomic E-state index is 0.0316. The van der Waals surface area contributed by atoms with Crippen LogP contribution in [0.25, 0.3) is 0 Å². The van der Waals surface area contributed by atoms with E-state index in [-0.39, 0.29) is 23.7 Å². The van der Waals surface area contributed by atoms with E-state index in [1.165, 1.54) is 4.90 Å². The van der Waals surface area contributed by atoms with Gasteiger partial charge in [0, 0.05) is 17.2 Å². The molecule has 1 unspecified atom stereocenters. The molecule has 1 aliphatic heterocycles. The van der Waals surface area contributed by atoms with Gasteiger partial charge in [0.15, 0.2) is 0 Å². The van der Waals surface area contributed by atoms with E-state index in [0.29, 0.717) is 6.54 Å². The Kier molecular flexibility index (Phi) is 3.93. The molecule has 0 saturated heterocycles. The van der Waals surface area contributed by atoms with E-state index in [9.17, 15) is 9.59 Å². The summed E-state index contributed by atoms with van der Waals surface area (Å²) in [7, 11) is 0. The number of fused-ring (bicyclic) bond motifs is 1. The van der Waals surface area contributed by atoms with E-state index >= 15 is 0 Å². The molecule has 4 nitrogen and oxygen atoms in total. The zero-order valence-electron chi connectivity index (χ0n) is 11.8. The first-order valence-corrected chi connectivity index (χ1v) is 8.29. The predicted octanol–water partition coefficient (Wildman–Crippen LogP) is 2.64. The van der Waals surface area contributed by atoms with Crippen molar-refractivity contribution in [2.24, 2.45) is 5.41 Å². The topological polar surface area (TPSA) is 66.4 Å². The number of amides is 1. The molecule has 3 rings (SSSR count). The third-order valence-corrected chi connectivity index (χ3v) is 5.78. The van der Waals surface area contributed by atoms with Crippen molar-refractivity contribution in [3.05, 3.63) is 29.8 Å². The standard InChI is InChI=1S/C16H19NO3S/c18-14(19)8-16(6-3-7-16)10-17-15(20)12-9-21-13-5-2-1-4-11(12)13/h1-2,4-5,12H,3,6-10H2,(H,17,20)(H,18,19). The van der Waals surface area contributed by atoms with Crippen molar-refractivity contribution in [1.82, 2.24) is 5.32 Å². The van der Waals surface area contributed by atoms with E-state index in [4.69, 9.17) is 5.11 Å². The van der Waals surface area contributed by atoms with Crippen LogP contribution in [0.1, 0.15) is 37.2 Å². The number of thioether (sulfide) groups is 1. The second kappa shape index (κ2) is 5.72. The molecule has 112 valence electrons. The van der Waals surface area contributed by atoms with Gasteiger partial charge in [-0.25, -0.2) is 0 Å². The molecule has 1 aromatic carbocycles. The maximum atomic E-state index is 12.4. The molecule has 1 aliphatic carbocycles. The number of carbonyl (C=O) groups excluding carboxylic acids is 1. The fourth-order valence-electron chi connectivity index (χ4n) is 3.19. The highest BCUT2D eigenvalue weighted by Gasteiger charge is 2.40. The second-order valence-electron chi connectivity index (χ2n) is 6.04. The normalized spacial score (nSPS) is 22.2. The van der Waals surface area contributed by atoms with Gasteiger partial charge in [0.25, 0.3) is 0 Å². The summed E-state index contributed by atoms with van der Waals surface area (Å²) in [6.45, 7) is 0.488. The summed E-state index contributed by atoms with van der Waals surface area (Å²) in [5.74, 6) is -0.0695. The van der Waals surface area contributed by atoms with Crippen LogP contribution in [0.15, 0.2) is 29.2 Å². The highest BCUT2D eigenvalue weighted by molar-refractivity contribution is 7.99. The summed E-state index contributed by atoms with van der Waals surface area (Å²) in [6, 6.07) is 8.01. The lowest BCUT2D eigenvalue weighted by Crippen LogP contribution is -2.44. The number of nitrogens with one attached hydrogen (secondary N) is 1. The van der Waals surface area contributed by atoms with Crippen molar-refractivity contribution >= 4 is 23.6 Å². The van der Waals surface area contributed by atoms with Gasteiger partial charge in [-0.3, -0.25) is 9.59 Å². The molecule has 5 heteroatoms. The van der Waals surface area contributed by atoms with Gasteiger partial charge in [0.1, 0.15) is 0 Å². The maximum Gasteiger partial charge on any atom is 0.303 e. The average molecular weight is 305 g/mol. The van der Waals surface area contributed by atoms with Gasteiger partial charge in [-0.15, -0.1) is 11.8 Å². The molecule has 21 heavy (non-hydrogen) atoms. The molecule has 1 aromatic rings. The lowest BCUT2D eigenvalue weighted by atomic mass is 9.66. The molecule has 1 atom stereocenters. The smallest absolute Gasteiger partial charge is 0.303 e. The quantitative estimate of drug-likeness (QED) is 0.877. The number of carboxylic acids is 1. The minimum atomic E-state index is -0.772. The third-order valence-electron chi connectivity index (χ3n) is 4.59. The average Bonchev–Trinajstić information content (AvgIpc) is 2.85. The number of aliphatic carboxylic acids is 1. The minimum Gasteiger partial charge on any atom is -0.481 e. The van der Waals surface area contributed by atoms with Crippen LogP contribution < -0.4 is 5.32 Å². The molecular weight excluding hydrogens is 286 g/mol. The molecule has 1 heterocycles. The monoisotopic (exact) mass is 305 g/mol. The van der Waals surface area contributed by atoms with E-state index in [1.807, 2.05) is 24.3 Å². The number of hydrogen-bond donors (Lipinski definition) is 2. The van der Waals surface area contributed by atoms with Gasteiger partial charge >= 0.3 is 5.97 Å². The van der Waals surface area contributed by atoms with Crippen LogP contribution in [-0.4, -0.2) is 29.3 Å².